The topological polar surface area (TPSA) is 54.7 Å². The number of aromatic amines is 1. The van der Waals surface area contributed by atoms with Crippen molar-refractivity contribution in [3.05, 3.63) is 17.0 Å². The van der Waals surface area contributed by atoms with E-state index >= 15 is 0 Å². The van der Waals surface area contributed by atoms with Gasteiger partial charge in [-0.05, 0) is 18.8 Å². The number of nitrogens with one attached hydrogen (secondary N) is 1. The fourth-order valence-electron chi connectivity index (χ4n) is 2.64. The molecule has 1 heterocycles. The van der Waals surface area contributed by atoms with Crippen LogP contribution in [0, 0.1) is 0 Å². The molecule has 0 aliphatic heterocycles. The highest BCUT2D eigenvalue weighted by molar-refractivity contribution is 5.30. The van der Waals surface area contributed by atoms with Crippen molar-refractivity contribution in [1.29, 1.82) is 0 Å². The normalized spacial score (nSPS) is 17.9. The zero-order valence-corrected chi connectivity index (χ0v) is 9.71. The average Bonchev–Trinajstić information content (AvgIpc) is 2.85. The van der Waals surface area contributed by atoms with Crippen molar-refractivity contribution in [1.82, 2.24) is 10.2 Å². The van der Waals surface area contributed by atoms with Crippen LogP contribution in [0.3, 0.4) is 0 Å². The number of aromatic nitrogens is 2. The maximum atomic E-state index is 5.84. The SMILES string of the molecule is CC(C)c1n[nH]c(C2CCCC2)c1CN. The number of nitrogens with zero attached hydrogens (tertiary/aromatic N) is 1. The lowest BCUT2D eigenvalue weighted by atomic mass is 9.96. The number of nitrogens with two attached hydrogens (primary N) is 1. The van der Waals surface area contributed by atoms with Gasteiger partial charge in [-0.1, -0.05) is 26.7 Å². The highest BCUT2D eigenvalue weighted by Gasteiger charge is 2.24. The lowest BCUT2D eigenvalue weighted by Gasteiger charge is -2.10. The summed E-state index contributed by atoms with van der Waals surface area (Å²) in [7, 11) is 0. The molecule has 0 amide bonds. The predicted molar refractivity (Wildman–Crippen MR) is 61.8 cm³/mol. The van der Waals surface area contributed by atoms with Crippen LogP contribution in [0.2, 0.25) is 0 Å². The molecule has 0 unspecified atom stereocenters. The molecule has 0 saturated heterocycles. The van der Waals surface area contributed by atoms with Gasteiger partial charge in [-0.3, -0.25) is 5.10 Å². The molecule has 15 heavy (non-hydrogen) atoms. The van der Waals surface area contributed by atoms with E-state index in [1.807, 2.05) is 0 Å². The molecule has 1 aromatic rings. The van der Waals surface area contributed by atoms with Gasteiger partial charge < -0.3 is 5.73 Å². The maximum Gasteiger partial charge on any atom is 0.0695 e. The quantitative estimate of drug-likeness (QED) is 0.800. The minimum absolute atomic E-state index is 0.468. The Hall–Kier alpha value is -0.830. The van der Waals surface area contributed by atoms with Gasteiger partial charge in [-0.25, -0.2) is 0 Å². The second kappa shape index (κ2) is 4.35. The number of hydrogen-bond donors (Lipinski definition) is 2. The van der Waals surface area contributed by atoms with Gasteiger partial charge in [-0.2, -0.15) is 5.10 Å². The Morgan fingerprint density at radius 1 is 1.40 bits per heavy atom. The Bertz CT molecular complexity index is 322. The van der Waals surface area contributed by atoms with Gasteiger partial charge >= 0.3 is 0 Å². The summed E-state index contributed by atoms with van der Waals surface area (Å²) in [5.41, 5.74) is 9.60. The van der Waals surface area contributed by atoms with Crippen LogP contribution in [0.5, 0.6) is 0 Å². The summed E-state index contributed by atoms with van der Waals surface area (Å²) in [5, 5.41) is 7.64. The zero-order valence-electron chi connectivity index (χ0n) is 9.71. The van der Waals surface area contributed by atoms with E-state index in [9.17, 15) is 0 Å². The van der Waals surface area contributed by atoms with Crippen LogP contribution >= 0.6 is 0 Å². The summed E-state index contributed by atoms with van der Waals surface area (Å²) in [6.45, 7) is 4.97. The van der Waals surface area contributed by atoms with Crippen LogP contribution in [-0.4, -0.2) is 10.2 Å². The molecule has 0 aromatic carbocycles. The smallest absolute Gasteiger partial charge is 0.0695 e. The van der Waals surface area contributed by atoms with Gasteiger partial charge in [0.2, 0.25) is 0 Å². The molecule has 1 aliphatic carbocycles. The van der Waals surface area contributed by atoms with E-state index in [1.165, 1.54) is 42.6 Å². The fraction of sp³-hybridized carbons (Fsp3) is 0.750. The molecule has 0 spiro atoms. The van der Waals surface area contributed by atoms with E-state index in [0.29, 0.717) is 18.4 Å². The molecule has 1 saturated carbocycles. The molecule has 1 aromatic heterocycles. The van der Waals surface area contributed by atoms with E-state index in [2.05, 4.69) is 24.0 Å². The second-order valence-corrected chi connectivity index (χ2v) is 4.84. The van der Waals surface area contributed by atoms with Crippen molar-refractivity contribution in [2.45, 2.75) is 57.9 Å². The molecule has 2 rings (SSSR count). The Morgan fingerprint density at radius 3 is 2.60 bits per heavy atom. The molecule has 3 N–H and O–H groups in total. The van der Waals surface area contributed by atoms with Crippen molar-refractivity contribution in [3.8, 4) is 0 Å². The zero-order chi connectivity index (χ0) is 10.8. The summed E-state index contributed by atoms with van der Waals surface area (Å²) >= 11 is 0. The van der Waals surface area contributed by atoms with Crippen molar-refractivity contribution in [2.75, 3.05) is 0 Å². The van der Waals surface area contributed by atoms with Gasteiger partial charge in [0.25, 0.3) is 0 Å². The molecule has 0 atom stereocenters. The average molecular weight is 207 g/mol. The first-order chi connectivity index (χ1) is 7.24. The minimum Gasteiger partial charge on any atom is -0.326 e. The van der Waals surface area contributed by atoms with Crippen LogP contribution in [0.4, 0.5) is 0 Å². The van der Waals surface area contributed by atoms with Crippen LogP contribution < -0.4 is 5.73 Å². The van der Waals surface area contributed by atoms with Crippen LogP contribution in [0.1, 0.15) is 68.3 Å². The van der Waals surface area contributed by atoms with E-state index in [4.69, 9.17) is 5.73 Å². The van der Waals surface area contributed by atoms with Crippen molar-refractivity contribution in [3.63, 3.8) is 0 Å². The second-order valence-electron chi connectivity index (χ2n) is 4.84. The summed E-state index contributed by atoms with van der Waals surface area (Å²) in [6, 6.07) is 0. The Morgan fingerprint density at radius 2 is 2.07 bits per heavy atom. The Balaban J connectivity index is 2.30. The summed E-state index contributed by atoms with van der Waals surface area (Å²) in [4.78, 5) is 0. The molecule has 1 aliphatic rings. The molecule has 3 nitrogen and oxygen atoms in total. The third-order valence-electron chi connectivity index (χ3n) is 3.45. The van der Waals surface area contributed by atoms with E-state index < -0.39 is 0 Å². The van der Waals surface area contributed by atoms with Crippen molar-refractivity contribution < 1.29 is 0 Å². The van der Waals surface area contributed by atoms with Crippen LogP contribution in [0.15, 0.2) is 0 Å². The minimum atomic E-state index is 0.468. The lowest BCUT2D eigenvalue weighted by molar-refractivity contribution is 0.684. The predicted octanol–water partition coefficient (Wildman–Crippen LogP) is 2.65. The van der Waals surface area contributed by atoms with E-state index in [1.54, 1.807) is 0 Å². The van der Waals surface area contributed by atoms with Crippen molar-refractivity contribution in [2.24, 2.45) is 5.73 Å². The first-order valence-corrected chi connectivity index (χ1v) is 6.01. The molecule has 0 radical (unpaired) electrons. The molecule has 1 fully saturated rings. The van der Waals surface area contributed by atoms with Gasteiger partial charge in [0.1, 0.15) is 0 Å². The van der Waals surface area contributed by atoms with Crippen LogP contribution in [0.25, 0.3) is 0 Å². The molecule has 84 valence electrons. The van der Waals surface area contributed by atoms with Crippen molar-refractivity contribution >= 4 is 0 Å². The number of H-pyrrole nitrogens is 1. The Labute approximate surface area is 91.4 Å². The highest BCUT2D eigenvalue weighted by atomic mass is 15.1. The number of rotatable bonds is 3. The standard InChI is InChI=1S/C12H21N3/c1-8(2)11-10(7-13)12(15-14-11)9-5-3-4-6-9/h8-9H,3-7,13H2,1-2H3,(H,14,15). The highest BCUT2D eigenvalue weighted by Crippen LogP contribution is 2.36. The third kappa shape index (κ3) is 1.93. The monoisotopic (exact) mass is 207 g/mol. The molecule has 0 bridgehead atoms. The Kier molecular flexibility index (Phi) is 3.10. The summed E-state index contributed by atoms with van der Waals surface area (Å²) in [5.74, 6) is 1.15. The van der Waals surface area contributed by atoms with Gasteiger partial charge in [0.15, 0.2) is 0 Å². The first-order valence-electron chi connectivity index (χ1n) is 6.01. The largest absolute Gasteiger partial charge is 0.326 e. The third-order valence-corrected chi connectivity index (χ3v) is 3.45. The summed E-state index contributed by atoms with van der Waals surface area (Å²) in [6.07, 6.45) is 5.30. The summed E-state index contributed by atoms with van der Waals surface area (Å²) < 4.78 is 0. The van der Waals surface area contributed by atoms with Gasteiger partial charge in [0.05, 0.1) is 5.69 Å². The lowest BCUT2D eigenvalue weighted by Crippen LogP contribution is -2.06. The molecule has 3 heteroatoms. The van der Waals surface area contributed by atoms with E-state index in [-0.39, 0.29) is 0 Å². The van der Waals surface area contributed by atoms with Crippen LogP contribution in [-0.2, 0) is 6.54 Å². The van der Waals surface area contributed by atoms with Gasteiger partial charge in [0, 0.05) is 23.7 Å². The van der Waals surface area contributed by atoms with E-state index in [0.717, 1.165) is 0 Å². The molecular weight excluding hydrogens is 186 g/mol. The molecular formula is C12H21N3. The fourth-order valence-corrected chi connectivity index (χ4v) is 2.64. The van der Waals surface area contributed by atoms with Gasteiger partial charge in [-0.15, -0.1) is 0 Å². The number of hydrogen-bond acceptors (Lipinski definition) is 2. The maximum absolute atomic E-state index is 5.84. The first kappa shape index (κ1) is 10.7.